The minimum atomic E-state index is -1.29. The van der Waals surface area contributed by atoms with Crippen LogP contribution in [0.4, 0.5) is 0 Å². The van der Waals surface area contributed by atoms with Crippen LogP contribution < -0.4 is 0 Å². The highest BCUT2D eigenvalue weighted by Gasteiger charge is 2.28. The summed E-state index contributed by atoms with van der Waals surface area (Å²) >= 11 is 11.8. The highest BCUT2D eigenvalue weighted by atomic mass is 35.5. The monoisotopic (exact) mass is 328 g/mol. The van der Waals surface area contributed by atoms with Crippen molar-refractivity contribution in [3.05, 3.63) is 58.0 Å². The first-order valence-corrected chi connectivity index (χ1v) is 6.55. The van der Waals surface area contributed by atoms with Crippen LogP contribution in [0, 0.1) is 0 Å². The van der Waals surface area contributed by atoms with Gasteiger partial charge in [0.05, 0.1) is 13.4 Å². The number of benzene rings is 1. The average molecular weight is 329 g/mol. The van der Waals surface area contributed by atoms with E-state index in [-0.39, 0.29) is 5.76 Å². The second kappa shape index (κ2) is 6.65. The molecule has 0 aliphatic rings. The average Bonchev–Trinajstić information content (AvgIpc) is 2.96. The molecule has 110 valence electrons. The van der Waals surface area contributed by atoms with Crippen molar-refractivity contribution in [2.75, 3.05) is 7.11 Å². The van der Waals surface area contributed by atoms with Gasteiger partial charge in [-0.15, -0.1) is 0 Å². The Labute approximate surface area is 130 Å². The van der Waals surface area contributed by atoms with E-state index in [4.69, 9.17) is 32.4 Å². The maximum absolute atomic E-state index is 11.9. The Morgan fingerprint density at radius 3 is 2.38 bits per heavy atom. The van der Waals surface area contributed by atoms with Gasteiger partial charge in [-0.2, -0.15) is 0 Å². The van der Waals surface area contributed by atoms with Crippen molar-refractivity contribution in [2.24, 2.45) is 0 Å². The number of halogens is 2. The number of methoxy groups -OCH3 is 1. The molecule has 0 radical (unpaired) electrons. The fourth-order valence-corrected chi connectivity index (χ4v) is 2.19. The van der Waals surface area contributed by atoms with Gasteiger partial charge in [0, 0.05) is 15.6 Å². The zero-order valence-electron chi connectivity index (χ0n) is 10.8. The lowest BCUT2D eigenvalue weighted by Crippen LogP contribution is -2.21. The SMILES string of the molecule is COC(=O)C(OC(=O)c1ccco1)c1cc(Cl)cc(Cl)c1. The number of rotatable bonds is 4. The molecule has 0 amide bonds. The quantitative estimate of drug-likeness (QED) is 0.801. The number of hydrogen-bond acceptors (Lipinski definition) is 5. The first kappa shape index (κ1) is 15.4. The van der Waals surface area contributed by atoms with Crippen molar-refractivity contribution in [1.82, 2.24) is 0 Å². The molecule has 0 aliphatic heterocycles. The van der Waals surface area contributed by atoms with E-state index in [2.05, 4.69) is 4.74 Å². The number of esters is 2. The minimum absolute atomic E-state index is 0.0305. The Bertz CT molecular complexity index is 631. The van der Waals surface area contributed by atoms with E-state index in [1.54, 1.807) is 0 Å². The van der Waals surface area contributed by atoms with Gasteiger partial charge in [0.1, 0.15) is 0 Å². The Hall–Kier alpha value is -1.98. The number of carbonyl (C=O) groups excluding carboxylic acids is 2. The van der Waals surface area contributed by atoms with Crippen molar-refractivity contribution < 1.29 is 23.5 Å². The third-order valence-electron chi connectivity index (χ3n) is 2.55. The molecule has 2 aromatic rings. The number of furan rings is 1. The number of hydrogen-bond donors (Lipinski definition) is 0. The Kier molecular flexibility index (Phi) is 4.88. The summed E-state index contributed by atoms with van der Waals surface area (Å²) in [6.07, 6.45) is 0.0313. The molecule has 0 fully saturated rings. The molecule has 2 rings (SSSR count). The predicted octanol–water partition coefficient (Wildman–Crippen LogP) is 3.66. The summed E-state index contributed by atoms with van der Waals surface area (Å²) in [5.41, 5.74) is 0.305. The molecule has 0 aliphatic carbocycles. The second-order valence-electron chi connectivity index (χ2n) is 3.99. The van der Waals surface area contributed by atoms with Crippen LogP contribution in [0.3, 0.4) is 0 Å². The molecule has 21 heavy (non-hydrogen) atoms. The van der Waals surface area contributed by atoms with E-state index in [0.717, 1.165) is 0 Å². The summed E-state index contributed by atoms with van der Waals surface area (Å²) in [7, 11) is 1.18. The third kappa shape index (κ3) is 3.77. The van der Waals surface area contributed by atoms with Crippen molar-refractivity contribution >= 4 is 35.1 Å². The maximum Gasteiger partial charge on any atom is 0.375 e. The molecule has 7 heteroatoms. The third-order valence-corrected chi connectivity index (χ3v) is 2.99. The Morgan fingerprint density at radius 1 is 1.19 bits per heavy atom. The van der Waals surface area contributed by atoms with Crippen LogP contribution in [-0.2, 0) is 14.3 Å². The second-order valence-corrected chi connectivity index (χ2v) is 4.86. The molecule has 1 unspecified atom stereocenters. The van der Waals surface area contributed by atoms with Gasteiger partial charge in [0.25, 0.3) is 0 Å². The van der Waals surface area contributed by atoms with Gasteiger partial charge in [-0.3, -0.25) is 0 Å². The fraction of sp³-hybridized carbons (Fsp3) is 0.143. The zero-order valence-corrected chi connectivity index (χ0v) is 12.4. The minimum Gasteiger partial charge on any atom is -0.466 e. The summed E-state index contributed by atoms with van der Waals surface area (Å²) in [5, 5.41) is 0.612. The normalized spacial score (nSPS) is 11.8. The van der Waals surface area contributed by atoms with Gasteiger partial charge in [-0.1, -0.05) is 23.2 Å². The molecule has 5 nitrogen and oxygen atoms in total. The molecular weight excluding hydrogens is 319 g/mol. The van der Waals surface area contributed by atoms with Crippen LogP contribution in [0.1, 0.15) is 22.2 Å². The van der Waals surface area contributed by atoms with Gasteiger partial charge in [0.15, 0.2) is 0 Å². The maximum atomic E-state index is 11.9. The lowest BCUT2D eigenvalue weighted by Gasteiger charge is -2.16. The highest BCUT2D eigenvalue weighted by molar-refractivity contribution is 6.34. The number of carbonyl (C=O) groups is 2. The van der Waals surface area contributed by atoms with Crippen molar-refractivity contribution in [1.29, 1.82) is 0 Å². The van der Waals surface area contributed by atoms with Crippen LogP contribution >= 0.6 is 23.2 Å². The fourth-order valence-electron chi connectivity index (χ4n) is 1.65. The van der Waals surface area contributed by atoms with E-state index in [9.17, 15) is 9.59 Å². The van der Waals surface area contributed by atoms with Crippen molar-refractivity contribution in [2.45, 2.75) is 6.10 Å². The van der Waals surface area contributed by atoms with E-state index < -0.39 is 18.0 Å². The Morgan fingerprint density at radius 2 is 1.86 bits per heavy atom. The molecular formula is C14H10Cl2O5. The van der Waals surface area contributed by atoms with Gasteiger partial charge >= 0.3 is 11.9 Å². The summed E-state index contributed by atoms with van der Waals surface area (Å²) in [6.45, 7) is 0. The van der Waals surface area contributed by atoms with E-state index in [1.165, 1.54) is 43.7 Å². The van der Waals surface area contributed by atoms with Gasteiger partial charge in [-0.25, -0.2) is 9.59 Å². The first-order valence-electron chi connectivity index (χ1n) is 5.79. The molecule has 0 bridgehead atoms. The summed E-state index contributed by atoms with van der Waals surface area (Å²) < 4.78 is 14.7. The molecule has 0 saturated heterocycles. The lowest BCUT2D eigenvalue weighted by atomic mass is 10.1. The van der Waals surface area contributed by atoms with E-state index in [0.29, 0.717) is 15.6 Å². The summed E-state index contributed by atoms with van der Waals surface area (Å²) in [5.74, 6) is -1.59. The van der Waals surface area contributed by atoms with Crippen LogP contribution in [0.25, 0.3) is 0 Å². The summed E-state index contributed by atoms with van der Waals surface area (Å²) in [4.78, 5) is 23.7. The van der Waals surface area contributed by atoms with Crippen LogP contribution in [0.5, 0.6) is 0 Å². The van der Waals surface area contributed by atoms with Gasteiger partial charge < -0.3 is 13.9 Å². The van der Waals surface area contributed by atoms with Gasteiger partial charge in [-0.05, 0) is 30.3 Å². The molecule has 0 N–H and O–H groups in total. The van der Waals surface area contributed by atoms with Crippen molar-refractivity contribution in [3.63, 3.8) is 0 Å². The van der Waals surface area contributed by atoms with Crippen molar-refractivity contribution in [3.8, 4) is 0 Å². The predicted molar refractivity (Wildman–Crippen MR) is 75.3 cm³/mol. The standard InChI is InChI=1S/C14H10Cl2O5/c1-19-14(18)12(8-5-9(15)7-10(16)6-8)21-13(17)11-3-2-4-20-11/h2-7,12H,1H3. The molecule has 1 heterocycles. The largest absolute Gasteiger partial charge is 0.466 e. The van der Waals surface area contributed by atoms with Crippen LogP contribution in [0.15, 0.2) is 41.0 Å². The Balaban J connectivity index is 2.30. The highest BCUT2D eigenvalue weighted by Crippen LogP contribution is 2.27. The molecule has 1 atom stereocenters. The topological polar surface area (TPSA) is 65.7 Å². The van der Waals surface area contributed by atoms with Crippen LogP contribution in [0.2, 0.25) is 10.0 Å². The van der Waals surface area contributed by atoms with Gasteiger partial charge in [0.2, 0.25) is 11.9 Å². The molecule has 1 aromatic carbocycles. The molecule has 0 saturated carbocycles. The van der Waals surface area contributed by atoms with E-state index >= 15 is 0 Å². The van der Waals surface area contributed by atoms with E-state index in [1.807, 2.05) is 0 Å². The lowest BCUT2D eigenvalue weighted by molar-refractivity contribution is -0.151. The molecule has 0 spiro atoms. The summed E-state index contributed by atoms with van der Waals surface area (Å²) in [6, 6.07) is 7.37. The van der Waals surface area contributed by atoms with Crippen LogP contribution in [-0.4, -0.2) is 19.0 Å². The first-order chi connectivity index (χ1) is 10.0. The molecule has 1 aromatic heterocycles. The number of ether oxygens (including phenoxy) is 2. The smallest absolute Gasteiger partial charge is 0.375 e. The zero-order chi connectivity index (χ0) is 15.4.